The highest BCUT2D eigenvalue weighted by Gasteiger charge is 2.33. The minimum Gasteiger partial charge on any atom is -0.486 e. The van der Waals surface area contributed by atoms with Gasteiger partial charge in [0.05, 0.1) is 12.2 Å². The van der Waals surface area contributed by atoms with E-state index in [0.717, 1.165) is 33.8 Å². The van der Waals surface area contributed by atoms with Crippen LogP contribution in [0.2, 0.25) is 0 Å². The lowest BCUT2D eigenvalue weighted by Crippen LogP contribution is -2.32. The zero-order valence-corrected chi connectivity index (χ0v) is 18.9. The van der Waals surface area contributed by atoms with Crippen molar-refractivity contribution in [2.24, 2.45) is 0 Å². The van der Waals surface area contributed by atoms with Crippen molar-refractivity contribution in [2.45, 2.75) is 45.9 Å². The van der Waals surface area contributed by atoms with Crippen molar-refractivity contribution < 1.29 is 9.53 Å². The Hall–Kier alpha value is -2.18. The summed E-state index contributed by atoms with van der Waals surface area (Å²) < 4.78 is 6.84. The summed E-state index contributed by atoms with van der Waals surface area (Å²) in [7, 11) is 0. The zero-order chi connectivity index (χ0) is 20.4. The molecule has 1 heterocycles. The summed E-state index contributed by atoms with van der Waals surface area (Å²) in [6.07, 6.45) is 2.12. The first kappa shape index (κ1) is 20.1. The van der Waals surface area contributed by atoms with Crippen molar-refractivity contribution in [1.82, 2.24) is 9.88 Å². The first-order valence-electron chi connectivity index (χ1n) is 9.69. The molecule has 0 spiro atoms. The number of thiazole rings is 1. The van der Waals surface area contributed by atoms with Gasteiger partial charge in [-0.25, -0.2) is 4.98 Å². The monoisotopic (exact) mass is 470 g/mol. The van der Waals surface area contributed by atoms with E-state index in [-0.39, 0.29) is 5.91 Å². The van der Waals surface area contributed by atoms with Gasteiger partial charge in [-0.1, -0.05) is 28.1 Å². The van der Waals surface area contributed by atoms with Gasteiger partial charge in [0.2, 0.25) is 0 Å². The van der Waals surface area contributed by atoms with Gasteiger partial charge in [-0.3, -0.25) is 4.79 Å². The van der Waals surface area contributed by atoms with Crippen molar-refractivity contribution in [3.8, 4) is 5.75 Å². The molecular weight excluding hydrogens is 448 g/mol. The zero-order valence-electron chi connectivity index (χ0n) is 16.5. The van der Waals surface area contributed by atoms with Gasteiger partial charge in [0.15, 0.2) is 0 Å². The quantitative estimate of drug-likeness (QED) is 0.431. The van der Waals surface area contributed by atoms with Crippen molar-refractivity contribution in [3.63, 3.8) is 0 Å². The first-order valence-corrected chi connectivity index (χ1v) is 11.4. The van der Waals surface area contributed by atoms with Crippen LogP contribution in [0.4, 0.5) is 0 Å². The first-order chi connectivity index (χ1) is 14.0. The second-order valence-electron chi connectivity index (χ2n) is 7.52. The molecule has 0 aliphatic heterocycles. The number of carbonyl (C=O) groups excluding carboxylic acids is 1. The van der Waals surface area contributed by atoms with Crippen LogP contribution in [0.15, 0.2) is 52.3 Å². The number of rotatable bonds is 7. The fourth-order valence-electron chi connectivity index (χ4n) is 3.36. The Balaban J connectivity index is 1.42. The van der Waals surface area contributed by atoms with E-state index in [1.54, 1.807) is 11.3 Å². The van der Waals surface area contributed by atoms with E-state index >= 15 is 0 Å². The molecule has 4 rings (SSSR count). The lowest BCUT2D eigenvalue weighted by molar-refractivity contribution is 0.0728. The van der Waals surface area contributed by atoms with Crippen LogP contribution in [0.3, 0.4) is 0 Å². The third-order valence-electron chi connectivity index (χ3n) is 4.81. The lowest BCUT2D eigenvalue weighted by atomic mass is 10.1. The van der Waals surface area contributed by atoms with Gasteiger partial charge in [-0.05, 0) is 68.1 Å². The minimum atomic E-state index is 0.0647. The van der Waals surface area contributed by atoms with Crippen molar-refractivity contribution in [2.75, 3.05) is 0 Å². The number of carbonyl (C=O) groups is 1. The van der Waals surface area contributed by atoms with Gasteiger partial charge < -0.3 is 9.64 Å². The summed E-state index contributed by atoms with van der Waals surface area (Å²) in [4.78, 5) is 19.7. The van der Waals surface area contributed by atoms with E-state index in [4.69, 9.17) is 9.72 Å². The molecule has 1 aliphatic rings. The van der Waals surface area contributed by atoms with E-state index in [1.807, 2.05) is 46.7 Å². The molecule has 0 bridgehead atoms. The fourth-order valence-corrected chi connectivity index (χ4v) is 4.46. The number of ether oxygens (including phenoxy) is 1. The van der Waals surface area contributed by atoms with Crippen molar-refractivity contribution in [1.29, 1.82) is 0 Å². The smallest absolute Gasteiger partial charge is 0.254 e. The third-order valence-corrected chi connectivity index (χ3v) is 6.17. The largest absolute Gasteiger partial charge is 0.486 e. The number of halogens is 1. The van der Waals surface area contributed by atoms with Crippen LogP contribution >= 0.6 is 27.3 Å². The second kappa shape index (κ2) is 8.67. The van der Waals surface area contributed by atoms with Crippen LogP contribution in [-0.2, 0) is 13.2 Å². The average Bonchev–Trinajstić information content (AvgIpc) is 3.42. The summed E-state index contributed by atoms with van der Waals surface area (Å²) in [5, 5.41) is 2.95. The molecule has 150 valence electrons. The number of aromatic nitrogens is 1. The van der Waals surface area contributed by atoms with E-state index < -0.39 is 0 Å². The maximum atomic E-state index is 13.0. The molecule has 1 fully saturated rings. The third kappa shape index (κ3) is 5.25. The molecule has 0 radical (unpaired) electrons. The number of nitrogens with zero attached hydrogens (tertiary/aromatic N) is 2. The molecular formula is C23H23BrN2O2S. The molecule has 1 amide bonds. The topological polar surface area (TPSA) is 42.4 Å². The highest BCUT2D eigenvalue weighted by Crippen LogP contribution is 2.30. The molecule has 6 heteroatoms. The molecule has 29 heavy (non-hydrogen) atoms. The van der Waals surface area contributed by atoms with Crippen LogP contribution in [0.5, 0.6) is 5.75 Å². The number of benzene rings is 2. The van der Waals surface area contributed by atoms with Gasteiger partial charge in [0.25, 0.3) is 5.91 Å². The SMILES string of the molecule is Cc1cc(C)cc(OCc2nc(CN(C(=O)c3cccc(Br)c3)C3CC3)cs2)c1. The van der Waals surface area contributed by atoms with E-state index in [1.165, 1.54) is 11.1 Å². The number of hydrogen-bond donors (Lipinski definition) is 0. The van der Waals surface area contributed by atoms with E-state index in [9.17, 15) is 4.79 Å². The number of hydrogen-bond acceptors (Lipinski definition) is 4. The standard InChI is InChI=1S/C23H23BrN2O2S/c1-15-8-16(2)10-21(9-15)28-13-22-25-19(14-29-22)12-26(20-6-7-20)23(27)17-4-3-5-18(24)11-17/h3-5,8-11,14,20H,6-7,12-13H2,1-2H3. The Morgan fingerprint density at radius 3 is 2.66 bits per heavy atom. The Labute approximate surface area is 183 Å². The summed E-state index contributed by atoms with van der Waals surface area (Å²) in [6.45, 7) is 5.11. The summed E-state index contributed by atoms with van der Waals surface area (Å²) in [5.74, 6) is 0.929. The Kier molecular flexibility index (Phi) is 6.01. The number of amides is 1. The minimum absolute atomic E-state index is 0.0647. The Morgan fingerprint density at radius 2 is 1.97 bits per heavy atom. The summed E-state index contributed by atoms with van der Waals surface area (Å²) in [6, 6.07) is 14.1. The van der Waals surface area contributed by atoms with Crippen molar-refractivity contribution in [3.05, 3.63) is 79.7 Å². The van der Waals surface area contributed by atoms with Crippen LogP contribution in [0, 0.1) is 13.8 Å². The maximum absolute atomic E-state index is 13.0. The average molecular weight is 471 g/mol. The Bertz CT molecular complexity index is 1010. The molecule has 2 aromatic carbocycles. The molecule has 0 unspecified atom stereocenters. The van der Waals surface area contributed by atoms with Crippen LogP contribution in [0.1, 0.15) is 45.0 Å². The fraction of sp³-hybridized carbons (Fsp3) is 0.304. The molecule has 4 nitrogen and oxygen atoms in total. The highest BCUT2D eigenvalue weighted by molar-refractivity contribution is 9.10. The molecule has 0 atom stereocenters. The normalized spacial score (nSPS) is 13.3. The van der Waals surface area contributed by atoms with Gasteiger partial charge in [0, 0.05) is 21.5 Å². The highest BCUT2D eigenvalue weighted by atomic mass is 79.9. The molecule has 0 saturated heterocycles. The molecule has 0 N–H and O–H groups in total. The summed E-state index contributed by atoms with van der Waals surface area (Å²) in [5.41, 5.74) is 4.00. The molecule has 1 saturated carbocycles. The molecule has 1 aliphatic carbocycles. The van der Waals surface area contributed by atoms with Crippen molar-refractivity contribution >= 4 is 33.2 Å². The van der Waals surface area contributed by atoms with Crippen LogP contribution < -0.4 is 4.74 Å². The predicted molar refractivity (Wildman–Crippen MR) is 119 cm³/mol. The second-order valence-corrected chi connectivity index (χ2v) is 9.38. The lowest BCUT2D eigenvalue weighted by Gasteiger charge is -2.21. The summed E-state index contributed by atoms with van der Waals surface area (Å²) >= 11 is 5.03. The van der Waals surface area contributed by atoms with Gasteiger partial charge >= 0.3 is 0 Å². The van der Waals surface area contributed by atoms with Crippen LogP contribution in [0.25, 0.3) is 0 Å². The Morgan fingerprint density at radius 1 is 1.21 bits per heavy atom. The van der Waals surface area contributed by atoms with E-state index in [0.29, 0.717) is 24.8 Å². The van der Waals surface area contributed by atoms with Gasteiger partial charge in [-0.15, -0.1) is 11.3 Å². The van der Waals surface area contributed by atoms with Gasteiger partial charge in [0.1, 0.15) is 17.4 Å². The van der Waals surface area contributed by atoms with Crippen LogP contribution in [-0.4, -0.2) is 21.8 Å². The number of aryl methyl sites for hydroxylation is 2. The molecule has 3 aromatic rings. The van der Waals surface area contributed by atoms with E-state index in [2.05, 4.69) is 35.8 Å². The molecule has 1 aromatic heterocycles. The van der Waals surface area contributed by atoms with Gasteiger partial charge in [-0.2, -0.15) is 0 Å². The predicted octanol–water partition coefficient (Wildman–Crippen LogP) is 5.91. The maximum Gasteiger partial charge on any atom is 0.254 e.